The van der Waals surface area contributed by atoms with Gasteiger partial charge >= 0.3 is 0 Å². The molecule has 0 amide bonds. The van der Waals surface area contributed by atoms with Crippen molar-refractivity contribution >= 4 is 34.1 Å². The molecular formula is C127H112N2O2. The molecule has 0 saturated heterocycles. The highest BCUT2D eigenvalue weighted by Crippen LogP contribution is 2.60. The van der Waals surface area contributed by atoms with E-state index in [0.717, 1.165) is 76.4 Å². The van der Waals surface area contributed by atoms with Crippen LogP contribution in [0.15, 0.2) is 449 Å². The van der Waals surface area contributed by atoms with Crippen molar-refractivity contribution in [3.63, 3.8) is 0 Å². The molecule has 131 heavy (non-hydrogen) atoms. The van der Waals surface area contributed by atoms with E-state index in [1.54, 1.807) is 0 Å². The Morgan fingerprint density at radius 3 is 0.809 bits per heavy atom. The number of hydrogen-bond donors (Lipinski definition) is 0. The van der Waals surface area contributed by atoms with Crippen LogP contribution in [0, 0.1) is 0 Å². The van der Waals surface area contributed by atoms with E-state index in [9.17, 15) is 0 Å². The fourth-order valence-corrected chi connectivity index (χ4v) is 19.8. The number of hydrogen-bond acceptors (Lipinski definition) is 4. The molecule has 642 valence electrons. The maximum Gasteiger partial charge on any atom is 0.127 e. The molecule has 0 heterocycles. The Bertz CT molecular complexity index is 6700. The first kappa shape index (κ1) is 85.6. The van der Waals surface area contributed by atoms with Crippen LogP contribution in [-0.2, 0) is 17.3 Å². The molecule has 2 aliphatic rings. The van der Waals surface area contributed by atoms with E-state index >= 15 is 0 Å². The van der Waals surface area contributed by atoms with Crippen LogP contribution in [-0.4, -0.2) is 0 Å². The molecular weight excluding hydrogens is 1590 g/mol. The van der Waals surface area contributed by atoms with Crippen LogP contribution in [0.5, 0.6) is 23.0 Å². The molecule has 0 saturated carbocycles. The Hall–Kier alpha value is -14.8. The first-order valence-electron chi connectivity index (χ1n) is 47.1. The lowest BCUT2D eigenvalue weighted by Crippen LogP contribution is -2.29. The van der Waals surface area contributed by atoms with E-state index in [-0.39, 0.29) is 0 Å². The average Bonchev–Trinajstić information content (AvgIpc) is 1.53. The number of anilines is 6. The molecule has 4 atom stereocenters. The van der Waals surface area contributed by atoms with Gasteiger partial charge in [0, 0.05) is 34.1 Å². The monoisotopic (exact) mass is 1700 g/mol. The van der Waals surface area contributed by atoms with Gasteiger partial charge in [0.25, 0.3) is 0 Å². The molecule has 20 rings (SSSR count). The zero-order valence-electron chi connectivity index (χ0n) is 76.1. The van der Waals surface area contributed by atoms with Gasteiger partial charge in [-0.2, -0.15) is 0 Å². The van der Waals surface area contributed by atoms with E-state index < -0.39 is 10.8 Å². The van der Waals surface area contributed by atoms with Gasteiger partial charge in [-0.3, -0.25) is 0 Å². The summed E-state index contributed by atoms with van der Waals surface area (Å²) in [5.41, 5.74) is 35.3. The second-order valence-corrected chi connectivity index (χ2v) is 35.7. The lowest BCUT2D eigenvalue weighted by Gasteiger charge is -2.35. The van der Waals surface area contributed by atoms with Crippen LogP contribution in [0.2, 0.25) is 0 Å². The summed E-state index contributed by atoms with van der Waals surface area (Å²) in [5, 5.41) is 0. The molecule has 2 aliphatic carbocycles. The van der Waals surface area contributed by atoms with Crippen molar-refractivity contribution < 1.29 is 9.47 Å². The Labute approximate surface area is 775 Å². The fourth-order valence-electron chi connectivity index (χ4n) is 19.8. The summed E-state index contributed by atoms with van der Waals surface area (Å²) >= 11 is 0. The van der Waals surface area contributed by atoms with Crippen LogP contribution >= 0.6 is 0 Å². The van der Waals surface area contributed by atoms with Crippen LogP contribution in [0.25, 0.3) is 66.8 Å². The highest BCUT2D eigenvalue weighted by molar-refractivity contribution is 5.93. The van der Waals surface area contributed by atoms with Crippen molar-refractivity contribution in [2.45, 2.75) is 122 Å². The topological polar surface area (TPSA) is 24.9 Å². The Balaban J connectivity index is 0.000000170. The molecule has 4 unspecified atom stereocenters. The number of unbranched alkanes of at least 4 members (excludes halogenated alkanes) is 3. The Morgan fingerprint density at radius 2 is 0.496 bits per heavy atom. The number of nitrogens with zero attached hydrogens (tertiary/aromatic N) is 2. The predicted octanol–water partition coefficient (Wildman–Crippen LogP) is 35.6. The maximum atomic E-state index is 6.53. The van der Waals surface area contributed by atoms with Crippen molar-refractivity contribution in [2.24, 2.45) is 0 Å². The summed E-state index contributed by atoms with van der Waals surface area (Å²) < 4.78 is 13.0. The largest absolute Gasteiger partial charge is 0.457 e. The number of fused-ring (bicyclic) bond motifs is 6. The van der Waals surface area contributed by atoms with Crippen LogP contribution in [0.4, 0.5) is 34.1 Å². The van der Waals surface area contributed by atoms with Gasteiger partial charge in [-0.05, 0) is 298 Å². The zero-order chi connectivity index (χ0) is 89.2. The van der Waals surface area contributed by atoms with Crippen LogP contribution < -0.4 is 19.3 Å². The molecule has 0 aliphatic heterocycles. The summed E-state index contributed by atoms with van der Waals surface area (Å²) in [6.45, 7) is 15.8. The van der Waals surface area contributed by atoms with Crippen LogP contribution in [0.1, 0.15) is 172 Å². The van der Waals surface area contributed by atoms with Crippen molar-refractivity contribution in [2.75, 3.05) is 9.80 Å². The third-order valence-corrected chi connectivity index (χ3v) is 27.4. The Morgan fingerprint density at radius 1 is 0.229 bits per heavy atom. The van der Waals surface area contributed by atoms with E-state index in [1.807, 2.05) is 0 Å². The predicted molar refractivity (Wildman–Crippen MR) is 551 cm³/mol. The zero-order valence-corrected chi connectivity index (χ0v) is 76.1. The standard InChI is InChI=1S/C65H59NO.C62H53NO/c1-4-6-7-10-17-48-24-32-54(33-25-48)65(55-34-43-60(44-35-55)67-59-41-30-49(31-42-59)47(3)5-2)63-23-16-15-22-61(63)62-45-40-58(46-64(62)65)66(56-36-26-52(27-37-56)50-18-11-8-12-19-50)57-38-28-53(29-39-57)51-20-13-9-14-21-51;1-5-44(4)46-26-37-56(38-27-46)64-57-39-30-52(31-40-57)62(51-28-20-45(21-29-51)43(2)3)60-19-13-12-18-58(60)59-41-36-55(42-61(59)62)63(53-32-22-49(23-33-53)47-14-8-6-9-15-47)54-34-24-50(25-35-54)48-16-10-7-11-17-48/h8-9,11-16,18-47H,4-7,10,17H2,1-3H3;6-44H,5H2,1-4H3. The maximum absolute atomic E-state index is 6.53. The van der Waals surface area contributed by atoms with Crippen molar-refractivity contribution in [1.29, 1.82) is 0 Å². The normalized spacial score (nSPS) is 14.4. The third kappa shape index (κ3) is 17.4. The van der Waals surface area contributed by atoms with Gasteiger partial charge in [-0.15, -0.1) is 0 Å². The summed E-state index contributed by atoms with van der Waals surface area (Å²) in [6.07, 6.45) is 8.32. The van der Waals surface area contributed by atoms with E-state index in [4.69, 9.17) is 9.47 Å². The Kier molecular flexibility index (Phi) is 25.2. The number of benzene rings is 18. The lowest BCUT2D eigenvalue weighted by molar-refractivity contribution is 0.481. The molecule has 4 nitrogen and oxygen atoms in total. The van der Waals surface area contributed by atoms with Gasteiger partial charge in [0.1, 0.15) is 23.0 Å². The highest BCUT2D eigenvalue weighted by Gasteiger charge is 2.48. The van der Waals surface area contributed by atoms with Crippen LogP contribution in [0.3, 0.4) is 0 Å². The quantitative estimate of drug-likeness (QED) is 0.0456. The van der Waals surface area contributed by atoms with Gasteiger partial charge in [0.15, 0.2) is 0 Å². The third-order valence-electron chi connectivity index (χ3n) is 27.4. The first-order valence-corrected chi connectivity index (χ1v) is 47.1. The number of rotatable bonds is 28. The number of aryl methyl sites for hydroxylation is 1. The number of ether oxygens (including phenoxy) is 2. The second-order valence-electron chi connectivity index (χ2n) is 35.7. The minimum atomic E-state index is -0.603. The smallest absolute Gasteiger partial charge is 0.127 e. The van der Waals surface area contributed by atoms with Crippen molar-refractivity contribution in [1.82, 2.24) is 0 Å². The molecule has 0 spiro atoms. The summed E-state index contributed by atoms with van der Waals surface area (Å²) in [4.78, 5) is 4.82. The first-order chi connectivity index (χ1) is 64.4. The van der Waals surface area contributed by atoms with Gasteiger partial charge in [0.05, 0.1) is 10.8 Å². The molecule has 18 aromatic carbocycles. The molecule has 0 aromatic heterocycles. The fraction of sp³-hybridized carbons (Fsp3) is 0.150. The van der Waals surface area contributed by atoms with Gasteiger partial charge in [-0.1, -0.05) is 395 Å². The summed E-state index contributed by atoms with van der Waals surface area (Å²) in [5.74, 6) is 4.78. The highest BCUT2D eigenvalue weighted by atomic mass is 16.5. The van der Waals surface area contributed by atoms with Crippen molar-refractivity contribution in [3.8, 4) is 89.8 Å². The molecule has 18 aromatic rings. The van der Waals surface area contributed by atoms with Gasteiger partial charge < -0.3 is 19.3 Å². The van der Waals surface area contributed by atoms with Gasteiger partial charge in [-0.25, -0.2) is 0 Å². The molecule has 0 bridgehead atoms. The van der Waals surface area contributed by atoms with Gasteiger partial charge in [0.2, 0.25) is 0 Å². The molecule has 0 radical (unpaired) electrons. The van der Waals surface area contributed by atoms with E-state index in [1.165, 1.54) is 159 Å². The lowest BCUT2D eigenvalue weighted by atomic mass is 9.67. The van der Waals surface area contributed by atoms with E-state index in [0.29, 0.717) is 17.8 Å². The summed E-state index contributed by atoms with van der Waals surface area (Å²) in [6, 6.07) is 165. The summed E-state index contributed by atoms with van der Waals surface area (Å²) in [7, 11) is 0. The minimum absolute atomic E-state index is 0.422. The SMILES string of the molecule is CCC(C)c1ccc(Oc2ccc(C3(c4ccc(C(C)C)cc4)c4ccccc4-c4ccc(N(c5ccc(-c6ccccc6)cc5)c5ccc(-c6ccccc6)cc5)cc43)cc2)cc1.CCCCCCc1ccc(C2(c3ccc(Oc4ccc(C(C)CC)cc4)cc3)c3ccccc3-c3ccc(N(c4ccc(-c5ccccc5)cc4)c4ccc(-c5ccccc5)cc4)cc32)cc1. The molecule has 4 heteroatoms. The van der Waals surface area contributed by atoms with Crippen molar-refractivity contribution in [3.05, 3.63) is 516 Å². The molecule has 0 N–H and O–H groups in total. The van der Waals surface area contributed by atoms with E-state index in [2.05, 4.69) is 507 Å². The average molecular weight is 1700 g/mol. The second kappa shape index (κ2) is 38.6. The minimum Gasteiger partial charge on any atom is -0.457 e. The molecule has 0 fully saturated rings.